The van der Waals surface area contributed by atoms with Crippen LogP contribution in [0, 0.1) is 0 Å². The maximum atomic E-state index is 11.6. The minimum atomic E-state index is -1.65. The Kier molecular flexibility index (Phi) is 5.73. The van der Waals surface area contributed by atoms with Crippen molar-refractivity contribution in [2.75, 3.05) is 12.4 Å². The van der Waals surface area contributed by atoms with Gasteiger partial charge in [0.15, 0.2) is 6.10 Å². The predicted molar refractivity (Wildman–Crippen MR) is 80.1 cm³/mol. The Morgan fingerprint density at radius 2 is 1.71 bits per heavy atom. The van der Waals surface area contributed by atoms with Crippen LogP contribution in [-0.2, 0) is 19.1 Å². The number of hydrogen-bond acceptors (Lipinski definition) is 8. The molecule has 1 unspecified atom stereocenters. The first-order valence-electron chi connectivity index (χ1n) is 7.15. The fraction of sp³-hybridized carbons (Fsp3) is 0.467. The predicted octanol–water partition coefficient (Wildman–Crippen LogP) is -0.996. The summed E-state index contributed by atoms with van der Waals surface area (Å²) in [5, 5.41) is 32.1. The van der Waals surface area contributed by atoms with Crippen molar-refractivity contribution in [3.8, 4) is 5.75 Å². The molecule has 1 aliphatic heterocycles. The van der Waals surface area contributed by atoms with Crippen LogP contribution in [0.5, 0.6) is 5.75 Å². The number of rotatable bonds is 4. The van der Waals surface area contributed by atoms with E-state index in [1.165, 1.54) is 19.1 Å². The second kappa shape index (κ2) is 7.58. The van der Waals surface area contributed by atoms with E-state index in [0.29, 0.717) is 5.69 Å². The van der Waals surface area contributed by atoms with Gasteiger partial charge in [-0.2, -0.15) is 0 Å². The Hall–Kier alpha value is -2.20. The zero-order valence-electron chi connectivity index (χ0n) is 13.1. The third-order valence-corrected chi connectivity index (χ3v) is 3.43. The average Bonchev–Trinajstić information content (AvgIpc) is 2.56. The van der Waals surface area contributed by atoms with Gasteiger partial charge in [-0.25, -0.2) is 4.79 Å². The molecule has 1 amide bonds. The molecule has 0 aliphatic carbocycles. The van der Waals surface area contributed by atoms with E-state index in [2.05, 4.69) is 10.1 Å². The van der Waals surface area contributed by atoms with Crippen molar-refractivity contribution < 1.29 is 39.1 Å². The second-order valence-electron chi connectivity index (χ2n) is 5.24. The highest BCUT2D eigenvalue weighted by atomic mass is 16.7. The van der Waals surface area contributed by atoms with E-state index >= 15 is 0 Å². The lowest BCUT2D eigenvalue weighted by atomic mass is 9.99. The number of nitrogens with one attached hydrogen (secondary N) is 1. The number of amides is 1. The van der Waals surface area contributed by atoms with Crippen LogP contribution in [0.4, 0.5) is 5.69 Å². The number of hydrogen-bond donors (Lipinski definition) is 4. The molecule has 0 radical (unpaired) electrons. The molecule has 0 spiro atoms. The van der Waals surface area contributed by atoms with Gasteiger partial charge in [0.1, 0.15) is 24.1 Å². The van der Waals surface area contributed by atoms with Gasteiger partial charge >= 0.3 is 5.97 Å². The van der Waals surface area contributed by atoms with E-state index in [1.54, 1.807) is 12.1 Å². The molecule has 132 valence electrons. The van der Waals surface area contributed by atoms with Crippen molar-refractivity contribution in [2.45, 2.75) is 37.6 Å². The normalized spacial score (nSPS) is 29.6. The Labute approximate surface area is 137 Å². The summed E-state index contributed by atoms with van der Waals surface area (Å²) in [5.74, 6) is -0.865. The molecule has 1 aliphatic rings. The van der Waals surface area contributed by atoms with Crippen LogP contribution in [0.1, 0.15) is 6.92 Å². The summed E-state index contributed by atoms with van der Waals surface area (Å²) in [6.45, 7) is 1.37. The number of ether oxygens (including phenoxy) is 3. The summed E-state index contributed by atoms with van der Waals surface area (Å²) in [6, 6.07) is 6.14. The summed E-state index contributed by atoms with van der Waals surface area (Å²) < 4.78 is 15.1. The number of carbonyl (C=O) groups excluding carboxylic acids is 2. The van der Waals surface area contributed by atoms with Gasteiger partial charge < -0.3 is 34.8 Å². The van der Waals surface area contributed by atoms with E-state index in [4.69, 9.17) is 9.47 Å². The molecule has 9 nitrogen and oxygen atoms in total. The van der Waals surface area contributed by atoms with Gasteiger partial charge in [-0.15, -0.1) is 0 Å². The lowest BCUT2D eigenvalue weighted by molar-refractivity contribution is -0.271. The zero-order valence-corrected chi connectivity index (χ0v) is 13.1. The molecule has 1 heterocycles. The van der Waals surface area contributed by atoms with Gasteiger partial charge in [-0.05, 0) is 24.3 Å². The summed E-state index contributed by atoms with van der Waals surface area (Å²) in [4.78, 5) is 22.5. The molecular formula is C15H19NO8. The summed E-state index contributed by atoms with van der Waals surface area (Å²) in [5.41, 5.74) is 0.544. The molecule has 1 fully saturated rings. The average molecular weight is 341 g/mol. The fourth-order valence-electron chi connectivity index (χ4n) is 2.21. The van der Waals surface area contributed by atoms with E-state index in [-0.39, 0.29) is 11.7 Å². The molecule has 9 heteroatoms. The number of methoxy groups -OCH3 is 1. The third kappa shape index (κ3) is 4.01. The highest BCUT2D eigenvalue weighted by Crippen LogP contribution is 2.25. The Morgan fingerprint density at radius 1 is 1.08 bits per heavy atom. The van der Waals surface area contributed by atoms with Crippen LogP contribution in [-0.4, -0.2) is 65.0 Å². The van der Waals surface area contributed by atoms with Gasteiger partial charge in [0.2, 0.25) is 12.2 Å². The Morgan fingerprint density at radius 3 is 2.25 bits per heavy atom. The smallest absolute Gasteiger partial charge is 0.337 e. The van der Waals surface area contributed by atoms with Crippen LogP contribution in [0.2, 0.25) is 0 Å². The molecule has 5 atom stereocenters. The highest BCUT2D eigenvalue weighted by Gasteiger charge is 2.48. The Bertz CT molecular complexity index is 590. The number of benzene rings is 1. The fourth-order valence-corrected chi connectivity index (χ4v) is 2.21. The summed E-state index contributed by atoms with van der Waals surface area (Å²) >= 11 is 0. The first kappa shape index (κ1) is 18.1. The van der Waals surface area contributed by atoms with Gasteiger partial charge in [-0.1, -0.05) is 0 Å². The van der Waals surface area contributed by atoms with Crippen LogP contribution < -0.4 is 10.1 Å². The van der Waals surface area contributed by atoms with E-state index in [1.807, 2.05) is 0 Å². The maximum absolute atomic E-state index is 11.6. The quantitative estimate of drug-likeness (QED) is 0.513. The number of carbonyl (C=O) groups is 2. The molecule has 0 aromatic heterocycles. The lowest BCUT2D eigenvalue weighted by Crippen LogP contribution is -2.61. The molecule has 4 N–H and O–H groups in total. The number of aliphatic hydroxyl groups is 3. The first-order chi connectivity index (χ1) is 11.3. The number of aliphatic hydroxyl groups excluding tert-OH is 3. The van der Waals surface area contributed by atoms with Crippen molar-refractivity contribution >= 4 is 17.6 Å². The molecule has 2 rings (SSSR count). The number of anilines is 1. The summed E-state index contributed by atoms with van der Waals surface area (Å²) in [6.07, 6.45) is -7.74. The van der Waals surface area contributed by atoms with Crippen molar-refractivity contribution in [1.82, 2.24) is 0 Å². The van der Waals surface area contributed by atoms with E-state index < -0.39 is 36.7 Å². The largest absolute Gasteiger partial charge is 0.467 e. The minimum Gasteiger partial charge on any atom is -0.467 e. The molecule has 0 saturated carbocycles. The second-order valence-corrected chi connectivity index (χ2v) is 5.24. The van der Waals surface area contributed by atoms with Crippen molar-refractivity contribution in [3.05, 3.63) is 24.3 Å². The van der Waals surface area contributed by atoms with Crippen LogP contribution >= 0.6 is 0 Å². The molecular weight excluding hydrogens is 322 g/mol. The standard InChI is InChI=1S/C15H19NO8/c1-7(17)16-8-3-5-9(6-4-8)23-15-12(20)10(18)11(19)13(24-15)14(21)22-2/h3-6,10-13,15,18-20H,1-2H3,(H,16,17)/t10-,11-,12-,13?,15+/m0/s1. The Balaban J connectivity index is 2.09. The van der Waals surface area contributed by atoms with Crippen molar-refractivity contribution in [1.29, 1.82) is 0 Å². The monoisotopic (exact) mass is 341 g/mol. The maximum Gasteiger partial charge on any atom is 0.337 e. The van der Waals surface area contributed by atoms with Crippen LogP contribution in [0.15, 0.2) is 24.3 Å². The zero-order chi connectivity index (χ0) is 17.9. The first-order valence-corrected chi connectivity index (χ1v) is 7.15. The van der Waals surface area contributed by atoms with Gasteiger partial charge in [0.25, 0.3) is 0 Å². The molecule has 0 bridgehead atoms. The molecule has 1 saturated heterocycles. The minimum absolute atomic E-state index is 0.229. The van der Waals surface area contributed by atoms with Crippen molar-refractivity contribution in [3.63, 3.8) is 0 Å². The molecule has 1 aromatic rings. The lowest BCUT2D eigenvalue weighted by Gasteiger charge is -2.38. The van der Waals surface area contributed by atoms with E-state index in [0.717, 1.165) is 7.11 Å². The molecule has 1 aromatic carbocycles. The third-order valence-electron chi connectivity index (χ3n) is 3.43. The van der Waals surface area contributed by atoms with Gasteiger partial charge in [0, 0.05) is 12.6 Å². The SMILES string of the molecule is COC(=O)C1O[C@@H](Oc2ccc(NC(C)=O)cc2)[C@@H](O)[C@@H](O)[C@@H]1O. The van der Waals surface area contributed by atoms with Crippen LogP contribution in [0.25, 0.3) is 0 Å². The van der Waals surface area contributed by atoms with Gasteiger partial charge in [-0.3, -0.25) is 4.79 Å². The van der Waals surface area contributed by atoms with Crippen LogP contribution in [0.3, 0.4) is 0 Å². The summed E-state index contributed by atoms with van der Waals surface area (Å²) in [7, 11) is 1.10. The number of esters is 1. The van der Waals surface area contributed by atoms with Gasteiger partial charge in [0.05, 0.1) is 7.11 Å². The van der Waals surface area contributed by atoms with E-state index in [9.17, 15) is 24.9 Å². The highest BCUT2D eigenvalue weighted by molar-refractivity contribution is 5.88. The topological polar surface area (TPSA) is 135 Å². The van der Waals surface area contributed by atoms with Crippen molar-refractivity contribution in [2.24, 2.45) is 0 Å². The molecule has 24 heavy (non-hydrogen) atoms.